The van der Waals surface area contributed by atoms with Crippen molar-refractivity contribution in [3.63, 3.8) is 0 Å². The number of fused-ring (bicyclic) bond motifs is 3. The highest BCUT2D eigenvalue weighted by Crippen LogP contribution is 2.32. The highest BCUT2D eigenvalue weighted by Gasteiger charge is 2.19. The largest absolute Gasteiger partial charge is 0.173 e. The van der Waals surface area contributed by atoms with Crippen LogP contribution in [0.25, 0.3) is 11.0 Å². The van der Waals surface area contributed by atoms with Crippen molar-refractivity contribution in [2.75, 3.05) is 0 Å². The van der Waals surface area contributed by atoms with Gasteiger partial charge in [0.05, 0.1) is 11.7 Å². The molecule has 0 N–H and O–H groups in total. The zero-order valence-corrected chi connectivity index (χ0v) is 13.6. The highest BCUT2D eigenvalue weighted by molar-refractivity contribution is 7.00. The van der Waals surface area contributed by atoms with E-state index in [9.17, 15) is 0 Å². The Hall–Kier alpha value is -0.960. The van der Waals surface area contributed by atoms with Crippen molar-refractivity contribution in [3.8, 4) is 0 Å². The first-order valence-electron chi connectivity index (χ1n) is 7.91. The Morgan fingerprint density at radius 3 is 2.50 bits per heavy atom. The van der Waals surface area contributed by atoms with E-state index in [0.29, 0.717) is 0 Å². The van der Waals surface area contributed by atoms with Crippen LogP contribution in [0.1, 0.15) is 61.3 Å². The molecular formula is C17H24N2S. The van der Waals surface area contributed by atoms with Gasteiger partial charge in [-0.3, -0.25) is 0 Å². The van der Waals surface area contributed by atoms with E-state index in [-0.39, 0.29) is 0 Å². The minimum absolute atomic E-state index is 0.837. The van der Waals surface area contributed by atoms with Crippen LogP contribution in [0.4, 0.5) is 0 Å². The van der Waals surface area contributed by atoms with Gasteiger partial charge < -0.3 is 0 Å². The van der Waals surface area contributed by atoms with Crippen LogP contribution in [-0.2, 0) is 12.8 Å². The molecule has 0 fully saturated rings. The first-order chi connectivity index (χ1) is 9.68. The standard InChI is InChI=1S/C17H24N2S/c1-11-7-5-4-6-8-14-12(2)13(3)16-17(19-20-18-16)15(14)10-9-11/h11H,4-10H2,1-3H3/t11-/m0/s1. The highest BCUT2D eigenvalue weighted by atomic mass is 32.1. The van der Waals surface area contributed by atoms with E-state index in [1.807, 2.05) is 0 Å². The van der Waals surface area contributed by atoms with Gasteiger partial charge in [-0.1, -0.05) is 26.2 Å². The Kier molecular flexibility index (Phi) is 4.06. The van der Waals surface area contributed by atoms with Crippen molar-refractivity contribution >= 4 is 22.8 Å². The smallest absolute Gasteiger partial charge is 0.108 e. The first kappa shape index (κ1) is 14.0. The van der Waals surface area contributed by atoms with Crippen molar-refractivity contribution in [1.82, 2.24) is 8.75 Å². The fraction of sp³-hybridized carbons (Fsp3) is 0.647. The van der Waals surface area contributed by atoms with Crippen LogP contribution in [0, 0.1) is 19.8 Å². The first-order valence-corrected chi connectivity index (χ1v) is 8.64. The van der Waals surface area contributed by atoms with E-state index in [0.717, 1.165) is 11.4 Å². The lowest BCUT2D eigenvalue weighted by Crippen LogP contribution is -2.07. The third-order valence-corrected chi connectivity index (χ3v) is 5.55. The molecule has 1 aliphatic carbocycles. The van der Waals surface area contributed by atoms with E-state index in [1.165, 1.54) is 78.9 Å². The Morgan fingerprint density at radius 2 is 1.65 bits per heavy atom. The summed E-state index contributed by atoms with van der Waals surface area (Å²) in [4.78, 5) is 0. The number of aromatic nitrogens is 2. The Morgan fingerprint density at radius 1 is 0.850 bits per heavy atom. The van der Waals surface area contributed by atoms with Crippen molar-refractivity contribution in [3.05, 3.63) is 22.3 Å². The molecule has 1 aliphatic rings. The monoisotopic (exact) mass is 288 g/mol. The summed E-state index contributed by atoms with van der Waals surface area (Å²) in [5.74, 6) is 0.837. The van der Waals surface area contributed by atoms with Crippen molar-refractivity contribution in [1.29, 1.82) is 0 Å². The molecule has 3 rings (SSSR count). The Bertz CT molecular complexity index is 615. The molecule has 0 unspecified atom stereocenters. The summed E-state index contributed by atoms with van der Waals surface area (Å²) in [5.41, 5.74) is 8.24. The maximum atomic E-state index is 4.62. The van der Waals surface area contributed by atoms with E-state index < -0.39 is 0 Å². The quantitative estimate of drug-likeness (QED) is 0.682. The van der Waals surface area contributed by atoms with Crippen LogP contribution in [0.15, 0.2) is 0 Å². The third kappa shape index (κ3) is 2.48. The normalized spacial score (nSPS) is 20.9. The summed E-state index contributed by atoms with van der Waals surface area (Å²) < 4.78 is 9.15. The van der Waals surface area contributed by atoms with Crippen LogP contribution in [0.3, 0.4) is 0 Å². The van der Waals surface area contributed by atoms with Gasteiger partial charge in [0.25, 0.3) is 0 Å². The van der Waals surface area contributed by atoms with Crippen LogP contribution in [0.5, 0.6) is 0 Å². The summed E-state index contributed by atoms with van der Waals surface area (Å²) in [6.45, 7) is 6.89. The predicted molar refractivity (Wildman–Crippen MR) is 86.5 cm³/mol. The number of hydrogen-bond donors (Lipinski definition) is 0. The number of aryl methyl sites for hydroxylation is 2. The lowest BCUT2D eigenvalue weighted by Gasteiger charge is -2.19. The zero-order valence-electron chi connectivity index (χ0n) is 12.8. The zero-order chi connectivity index (χ0) is 14.1. The van der Waals surface area contributed by atoms with E-state index >= 15 is 0 Å². The van der Waals surface area contributed by atoms with Gasteiger partial charge in [-0.05, 0) is 67.7 Å². The number of nitrogens with zero attached hydrogens (tertiary/aromatic N) is 2. The Labute approximate surface area is 125 Å². The molecular weight excluding hydrogens is 264 g/mol. The minimum Gasteiger partial charge on any atom is -0.173 e. The lowest BCUT2D eigenvalue weighted by atomic mass is 9.86. The summed E-state index contributed by atoms with van der Waals surface area (Å²) in [6, 6.07) is 0. The van der Waals surface area contributed by atoms with Crippen LogP contribution < -0.4 is 0 Å². The molecule has 0 bridgehead atoms. The fourth-order valence-electron chi connectivity index (χ4n) is 3.52. The molecule has 1 aromatic carbocycles. The molecule has 0 aliphatic heterocycles. The van der Waals surface area contributed by atoms with Gasteiger partial charge in [0.1, 0.15) is 11.0 Å². The molecule has 0 amide bonds. The summed E-state index contributed by atoms with van der Waals surface area (Å²) in [7, 11) is 0. The second-order valence-corrected chi connectivity index (χ2v) is 6.94. The maximum absolute atomic E-state index is 4.62. The second-order valence-electron chi connectivity index (χ2n) is 6.41. The summed E-state index contributed by atoms with van der Waals surface area (Å²) in [6.07, 6.45) is 9.18. The molecule has 3 heteroatoms. The lowest BCUT2D eigenvalue weighted by molar-refractivity contribution is 0.455. The van der Waals surface area contributed by atoms with Crippen LogP contribution in [-0.4, -0.2) is 8.75 Å². The molecule has 2 nitrogen and oxygen atoms in total. The minimum atomic E-state index is 0.837. The molecule has 1 aromatic heterocycles. The van der Waals surface area contributed by atoms with Crippen molar-refractivity contribution in [2.45, 2.75) is 65.7 Å². The third-order valence-electron chi connectivity index (χ3n) is 5.02. The molecule has 0 radical (unpaired) electrons. The van der Waals surface area contributed by atoms with Crippen LogP contribution in [0.2, 0.25) is 0 Å². The molecule has 0 spiro atoms. The van der Waals surface area contributed by atoms with Gasteiger partial charge in [0, 0.05) is 0 Å². The van der Waals surface area contributed by atoms with Gasteiger partial charge in [0.15, 0.2) is 0 Å². The Balaban J connectivity index is 2.12. The fourth-order valence-corrected chi connectivity index (χ4v) is 4.14. The van der Waals surface area contributed by atoms with Gasteiger partial charge in [-0.25, -0.2) is 0 Å². The molecule has 1 atom stereocenters. The van der Waals surface area contributed by atoms with Crippen molar-refractivity contribution in [2.24, 2.45) is 5.92 Å². The molecule has 20 heavy (non-hydrogen) atoms. The van der Waals surface area contributed by atoms with Crippen LogP contribution >= 0.6 is 11.7 Å². The topological polar surface area (TPSA) is 25.8 Å². The molecule has 0 saturated heterocycles. The van der Waals surface area contributed by atoms with E-state index in [1.54, 1.807) is 5.56 Å². The molecule has 0 saturated carbocycles. The predicted octanol–water partition coefficient (Wildman–Crippen LogP) is 4.99. The van der Waals surface area contributed by atoms with E-state index in [2.05, 4.69) is 29.5 Å². The SMILES string of the molecule is Cc1c2c(c3nsnc3c1C)CC[C@@H](C)CCCCC2. The van der Waals surface area contributed by atoms with Gasteiger partial charge in [0.2, 0.25) is 0 Å². The number of hydrogen-bond acceptors (Lipinski definition) is 3. The number of rotatable bonds is 0. The molecule has 2 aromatic rings. The van der Waals surface area contributed by atoms with Gasteiger partial charge in [-0.15, -0.1) is 0 Å². The van der Waals surface area contributed by atoms with Gasteiger partial charge >= 0.3 is 0 Å². The number of benzene rings is 1. The molecule has 108 valence electrons. The average molecular weight is 288 g/mol. The van der Waals surface area contributed by atoms with Crippen molar-refractivity contribution < 1.29 is 0 Å². The van der Waals surface area contributed by atoms with E-state index in [4.69, 9.17) is 0 Å². The second kappa shape index (κ2) is 5.80. The summed E-state index contributed by atoms with van der Waals surface area (Å²) >= 11 is 1.37. The average Bonchev–Trinajstić information content (AvgIpc) is 2.92. The molecule has 1 heterocycles. The maximum Gasteiger partial charge on any atom is 0.108 e. The summed E-state index contributed by atoms with van der Waals surface area (Å²) in [5, 5.41) is 0. The van der Waals surface area contributed by atoms with Gasteiger partial charge in [-0.2, -0.15) is 8.75 Å².